The van der Waals surface area contributed by atoms with Gasteiger partial charge in [-0.15, -0.1) is 0 Å². The molecule has 1 heterocycles. The Balaban J connectivity index is 1.41. The van der Waals surface area contributed by atoms with Crippen molar-refractivity contribution >= 4 is 11.9 Å². The van der Waals surface area contributed by atoms with Crippen molar-refractivity contribution in [1.29, 1.82) is 0 Å². The molecule has 8 atom stereocenters. The Bertz CT molecular complexity index is 1380. The molecule has 6 nitrogen and oxygen atoms in total. The number of esters is 1. The van der Waals surface area contributed by atoms with Crippen LogP contribution in [0.15, 0.2) is 24.0 Å². The molecule has 1 aromatic heterocycles. The van der Waals surface area contributed by atoms with Crippen LogP contribution in [-0.2, 0) is 26.2 Å². The molecule has 3 saturated carbocycles. The number of methoxy groups -OCH3 is 1. The Hall–Kier alpha value is -2.24. The number of amides is 1. The average molecular weight is 604 g/mol. The first-order chi connectivity index (χ1) is 20.5. The predicted octanol–water partition coefficient (Wildman–Crippen LogP) is 7.61. The molecule has 0 unspecified atom stereocenters. The van der Waals surface area contributed by atoms with E-state index >= 15 is 0 Å². The van der Waals surface area contributed by atoms with Gasteiger partial charge in [-0.3, -0.25) is 14.8 Å². The fourth-order valence-corrected chi connectivity index (χ4v) is 11.9. The van der Waals surface area contributed by atoms with Gasteiger partial charge in [0.05, 0.1) is 23.9 Å². The lowest BCUT2D eigenvalue weighted by Gasteiger charge is -2.70. The largest absolute Gasteiger partial charge is 0.467 e. The second kappa shape index (κ2) is 10.1. The number of hydrogen-bond acceptors (Lipinski definition) is 5. The summed E-state index contributed by atoms with van der Waals surface area (Å²) in [7, 11) is 1.41. The van der Waals surface area contributed by atoms with E-state index in [2.05, 4.69) is 59.9 Å². The van der Waals surface area contributed by atoms with Gasteiger partial charge in [0.15, 0.2) is 0 Å². The minimum absolute atomic E-state index is 0.0113. The lowest BCUT2D eigenvalue weighted by molar-refractivity contribution is -0.169. The van der Waals surface area contributed by atoms with Crippen LogP contribution in [0.25, 0.3) is 0 Å². The molecule has 0 aliphatic heterocycles. The van der Waals surface area contributed by atoms with Gasteiger partial charge >= 0.3 is 5.97 Å². The van der Waals surface area contributed by atoms with E-state index in [4.69, 9.17) is 14.7 Å². The van der Waals surface area contributed by atoms with Crippen molar-refractivity contribution in [3.63, 3.8) is 0 Å². The fraction of sp³-hybridized carbons (Fsp3) is 0.789. The van der Waals surface area contributed by atoms with Crippen LogP contribution in [0.2, 0.25) is 0 Å². The number of aromatic nitrogens is 2. The van der Waals surface area contributed by atoms with Gasteiger partial charge < -0.3 is 10.1 Å². The number of fused-ring (bicyclic) bond motifs is 8. The molecule has 242 valence electrons. The zero-order valence-corrected chi connectivity index (χ0v) is 29.1. The summed E-state index contributed by atoms with van der Waals surface area (Å²) in [4.78, 5) is 37.0. The Morgan fingerprint density at radius 2 is 1.61 bits per heavy atom. The van der Waals surface area contributed by atoms with Crippen molar-refractivity contribution in [2.75, 3.05) is 7.11 Å². The summed E-state index contributed by atoms with van der Waals surface area (Å²) in [5.74, 6) is 0.972. The SMILES string of the molecule is COC(=O)[C@@H](NC(=O)[C@]12CCC(C)(C)C[C@H]1C1=CC[C@@H]3[C@@]4(C)Cc5nccnc5C(C)(C)[C@@H]4CC[C@@]3(C)[C@]1(C)CC2)C(C)C. The van der Waals surface area contributed by atoms with E-state index in [1.807, 2.05) is 26.2 Å². The van der Waals surface area contributed by atoms with Crippen molar-refractivity contribution in [1.82, 2.24) is 15.3 Å². The van der Waals surface area contributed by atoms with Gasteiger partial charge in [0.1, 0.15) is 6.04 Å². The second-order valence-corrected chi connectivity index (χ2v) is 17.8. The minimum atomic E-state index is -0.621. The van der Waals surface area contributed by atoms with E-state index in [1.54, 1.807) is 5.57 Å². The molecule has 1 N–H and O–H groups in total. The number of carbonyl (C=O) groups excluding carboxylic acids is 2. The number of rotatable bonds is 4. The van der Waals surface area contributed by atoms with E-state index in [9.17, 15) is 9.59 Å². The van der Waals surface area contributed by atoms with Crippen LogP contribution in [0.4, 0.5) is 0 Å². The molecule has 6 heteroatoms. The topological polar surface area (TPSA) is 81.2 Å². The van der Waals surface area contributed by atoms with Crippen LogP contribution in [0, 0.1) is 50.7 Å². The van der Waals surface area contributed by atoms with Crippen molar-refractivity contribution < 1.29 is 14.3 Å². The quantitative estimate of drug-likeness (QED) is 0.283. The van der Waals surface area contributed by atoms with E-state index in [0.717, 1.165) is 44.9 Å². The molecule has 5 aliphatic rings. The van der Waals surface area contributed by atoms with Gasteiger partial charge in [0.2, 0.25) is 5.91 Å². The molecule has 0 aromatic carbocycles. The third kappa shape index (κ3) is 4.24. The third-order valence-corrected chi connectivity index (χ3v) is 14.6. The van der Waals surface area contributed by atoms with Gasteiger partial charge in [0.25, 0.3) is 0 Å². The van der Waals surface area contributed by atoms with Crippen LogP contribution in [0.1, 0.15) is 125 Å². The Morgan fingerprint density at radius 3 is 2.30 bits per heavy atom. The highest BCUT2D eigenvalue weighted by molar-refractivity contribution is 5.89. The highest BCUT2D eigenvalue weighted by Crippen LogP contribution is 2.75. The first-order valence-corrected chi connectivity index (χ1v) is 17.4. The first-order valence-electron chi connectivity index (χ1n) is 17.4. The van der Waals surface area contributed by atoms with Crippen LogP contribution >= 0.6 is 0 Å². The summed E-state index contributed by atoms with van der Waals surface area (Å²) in [5.41, 5.74) is 3.91. The predicted molar refractivity (Wildman–Crippen MR) is 174 cm³/mol. The number of carbonyl (C=O) groups is 2. The van der Waals surface area contributed by atoms with Crippen LogP contribution in [-0.4, -0.2) is 35.0 Å². The summed E-state index contributed by atoms with van der Waals surface area (Å²) in [6.07, 6.45) is 15.6. The van der Waals surface area contributed by atoms with Gasteiger partial charge in [-0.1, -0.05) is 74.0 Å². The summed E-state index contributed by atoms with van der Waals surface area (Å²) in [5, 5.41) is 3.24. The molecule has 6 rings (SSSR count). The molecule has 0 saturated heterocycles. The molecule has 1 aromatic rings. The smallest absolute Gasteiger partial charge is 0.328 e. The zero-order chi connectivity index (χ0) is 32.1. The molecule has 1 amide bonds. The molecule has 3 fully saturated rings. The number of nitrogens with zero attached hydrogens (tertiary/aromatic N) is 2. The molecule has 0 radical (unpaired) electrons. The maximum Gasteiger partial charge on any atom is 0.328 e. The number of nitrogens with one attached hydrogen (secondary N) is 1. The maximum atomic E-state index is 14.5. The van der Waals surface area contributed by atoms with E-state index in [1.165, 1.54) is 31.3 Å². The van der Waals surface area contributed by atoms with Gasteiger partial charge in [-0.2, -0.15) is 0 Å². The lowest BCUT2D eigenvalue weighted by Crippen LogP contribution is -2.65. The minimum Gasteiger partial charge on any atom is -0.467 e. The van der Waals surface area contributed by atoms with Crippen molar-refractivity contribution in [3.05, 3.63) is 35.4 Å². The van der Waals surface area contributed by atoms with E-state index in [0.29, 0.717) is 11.8 Å². The van der Waals surface area contributed by atoms with Crippen molar-refractivity contribution in [3.8, 4) is 0 Å². The number of allylic oxidation sites excluding steroid dienone is 2. The standard InChI is InChI=1S/C38H57N3O3/c1-23(2)29(31(42)44-10)41-32(43)38-17-15-33(3,4)21-25(38)24-11-12-28-35(7)22-26-30(40-20-19-39-26)34(5,6)27(35)13-14-37(28,9)36(24,8)16-18-38/h11,19-20,23,25,27-29H,12-18,21-22H2,1-10H3,(H,41,43)/t25-,27-,28+,29-,35-,36+,37+,38-/m0/s1. The van der Waals surface area contributed by atoms with Gasteiger partial charge in [-0.25, -0.2) is 4.79 Å². The molecule has 0 bridgehead atoms. The number of ether oxygens (including phenoxy) is 1. The highest BCUT2D eigenvalue weighted by Gasteiger charge is 2.69. The Kier molecular flexibility index (Phi) is 7.30. The Morgan fingerprint density at radius 1 is 0.932 bits per heavy atom. The second-order valence-electron chi connectivity index (χ2n) is 17.8. The van der Waals surface area contributed by atoms with Crippen LogP contribution < -0.4 is 5.32 Å². The molecular formula is C38H57N3O3. The fourth-order valence-electron chi connectivity index (χ4n) is 11.9. The van der Waals surface area contributed by atoms with E-state index in [-0.39, 0.29) is 50.8 Å². The molecule has 44 heavy (non-hydrogen) atoms. The van der Waals surface area contributed by atoms with Crippen molar-refractivity contribution in [2.45, 2.75) is 132 Å². The lowest BCUT2D eigenvalue weighted by atomic mass is 9.33. The van der Waals surface area contributed by atoms with E-state index < -0.39 is 11.5 Å². The third-order valence-electron chi connectivity index (χ3n) is 14.6. The normalized spacial score (nSPS) is 40.6. The first kappa shape index (κ1) is 31.7. The Labute approximate surface area is 266 Å². The average Bonchev–Trinajstić information content (AvgIpc) is 2.95. The number of hydrogen-bond donors (Lipinski definition) is 1. The van der Waals surface area contributed by atoms with Crippen LogP contribution in [0.5, 0.6) is 0 Å². The van der Waals surface area contributed by atoms with Crippen molar-refractivity contribution in [2.24, 2.45) is 50.7 Å². The van der Waals surface area contributed by atoms with Gasteiger partial charge in [-0.05, 0) is 103 Å². The maximum absolute atomic E-state index is 14.5. The summed E-state index contributed by atoms with van der Waals surface area (Å²) < 4.78 is 5.12. The highest BCUT2D eigenvalue weighted by atomic mass is 16.5. The zero-order valence-electron chi connectivity index (χ0n) is 29.1. The molecule has 0 spiro atoms. The molecular weight excluding hydrogens is 546 g/mol. The van der Waals surface area contributed by atoms with Crippen LogP contribution in [0.3, 0.4) is 0 Å². The monoisotopic (exact) mass is 603 g/mol. The summed E-state index contributed by atoms with van der Waals surface area (Å²) in [6.45, 7) is 21.3. The summed E-state index contributed by atoms with van der Waals surface area (Å²) >= 11 is 0. The summed E-state index contributed by atoms with van der Waals surface area (Å²) in [6, 6.07) is -0.621. The molecule has 5 aliphatic carbocycles. The van der Waals surface area contributed by atoms with Gasteiger partial charge in [0, 0.05) is 17.8 Å².